The van der Waals surface area contributed by atoms with E-state index < -0.39 is 0 Å². The summed E-state index contributed by atoms with van der Waals surface area (Å²) >= 11 is 0. The molecule has 2 aliphatic rings. The van der Waals surface area contributed by atoms with Gasteiger partial charge in [0.05, 0.1) is 12.7 Å². The van der Waals surface area contributed by atoms with E-state index in [1.807, 2.05) is 0 Å². The lowest BCUT2D eigenvalue weighted by Crippen LogP contribution is -2.38. The molecule has 1 saturated heterocycles. The smallest absolute Gasteiger partial charge is 0.191 e. The van der Waals surface area contributed by atoms with E-state index in [0.29, 0.717) is 6.54 Å². The molecule has 0 spiro atoms. The van der Waals surface area contributed by atoms with Crippen molar-refractivity contribution >= 4 is 29.9 Å². The molecular weight excluding hydrogens is 447 g/mol. The molecule has 0 bridgehead atoms. The second kappa shape index (κ2) is 11.7. The highest BCUT2D eigenvalue weighted by atomic mass is 127. The normalized spacial score (nSPS) is 19.7. The fourth-order valence-electron chi connectivity index (χ4n) is 3.15. The zero-order valence-electron chi connectivity index (χ0n) is 15.6. The van der Waals surface area contributed by atoms with Gasteiger partial charge in [-0.25, -0.2) is 4.99 Å². The van der Waals surface area contributed by atoms with Crippen molar-refractivity contribution in [1.82, 2.24) is 25.4 Å². The highest BCUT2D eigenvalue weighted by molar-refractivity contribution is 14.0. The largest absolute Gasteiger partial charge is 0.379 e. The van der Waals surface area contributed by atoms with Gasteiger partial charge in [-0.2, -0.15) is 0 Å². The number of guanidine groups is 1. The second-order valence-corrected chi connectivity index (χ2v) is 6.47. The van der Waals surface area contributed by atoms with E-state index in [0.717, 1.165) is 76.3 Å². The molecule has 0 aromatic carbocycles. The van der Waals surface area contributed by atoms with E-state index in [4.69, 9.17) is 9.47 Å². The minimum Gasteiger partial charge on any atom is -0.379 e. The molecule has 9 heteroatoms. The summed E-state index contributed by atoms with van der Waals surface area (Å²) in [6, 6.07) is 0. The highest BCUT2D eigenvalue weighted by Gasteiger charge is 2.16. The third-order valence-electron chi connectivity index (χ3n) is 4.51. The minimum atomic E-state index is 0. The molecule has 148 valence electrons. The summed E-state index contributed by atoms with van der Waals surface area (Å²) in [6.07, 6.45) is 5.68. The van der Waals surface area contributed by atoms with Crippen molar-refractivity contribution in [2.24, 2.45) is 4.99 Å². The van der Waals surface area contributed by atoms with Gasteiger partial charge >= 0.3 is 0 Å². The summed E-state index contributed by atoms with van der Waals surface area (Å²) in [4.78, 5) is 4.65. The van der Waals surface area contributed by atoms with E-state index >= 15 is 0 Å². The predicted octanol–water partition coefficient (Wildman–Crippen LogP) is 1.48. The van der Waals surface area contributed by atoms with Crippen LogP contribution in [-0.2, 0) is 29.0 Å². The third-order valence-corrected chi connectivity index (χ3v) is 4.51. The van der Waals surface area contributed by atoms with Crippen LogP contribution in [0.4, 0.5) is 0 Å². The molecule has 1 aromatic heterocycles. The number of aryl methyl sites for hydroxylation is 1. The average molecular weight is 478 g/mol. The Morgan fingerprint density at radius 3 is 3.08 bits per heavy atom. The predicted molar refractivity (Wildman–Crippen MR) is 111 cm³/mol. The van der Waals surface area contributed by atoms with Gasteiger partial charge in [0, 0.05) is 39.3 Å². The molecule has 0 saturated carbocycles. The fourth-order valence-corrected chi connectivity index (χ4v) is 3.15. The first kappa shape index (κ1) is 21.4. The zero-order chi connectivity index (χ0) is 17.3. The lowest BCUT2D eigenvalue weighted by molar-refractivity contribution is 0.0420. The standard InChI is InChI=1S/C17H30N6O2.HI/c1-2-18-17(19-8-5-10-25-14-7-11-24-13-14)20-12-16-22-21-15-6-3-4-9-23(15)16;/h14H,2-13H2,1H3,(H2,18,19,20);1H. The highest BCUT2D eigenvalue weighted by Crippen LogP contribution is 2.14. The van der Waals surface area contributed by atoms with Crippen molar-refractivity contribution in [2.45, 2.75) is 58.2 Å². The topological polar surface area (TPSA) is 85.6 Å². The lowest BCUT2D eigenvalue weighted by atomic mass is 10.2. The molecule has 8 nitrogen and oxygen atoms in total. The molecule has 26 heavy (non-hydrogen) atoms. The van der Waals surface area contributed by atoms with E-state index in [2.05, 4.69) is 37.3 Å². The molecule has 1 aromatic rings. The van der Waals surface area contributed by atoms with Crippen LogP contribution in [0.5, 0.6) is 0 Å². The maximum atomic E-state index is 5.78. The first-order valence-corrected chi connectivity index (χ1v) is 9.49. The van der Waals surface area contributed by atoms with E-state index in [9.17, 15) is 0 Å². The van der Waals surface area contributed by atoms with Gasteiger partial charge in [0.15, 0.2) is 11.8 Å². The summed E-state index contributed by atoms with van der Waals surface area (Å²) < 4.78 is 13.3. The quantitative estimate of drug-likeness (QED) is 0.255. The number of nitrogens with one attached hydrogen (secondary N) is 2. The molecule has 0 radical (unpaired) electrons. The maximum Gasteiger partial charge on any atom is 0.191 e. The maximum absolute atomic E-state index is 5.78. The van der Waals surface area contributed by atoms with Gasteiger partial charge < -0.3 is 24.7 Å². The monoisotopic (exact) mass is 478 g/mol. The molecule has 0 aliphatic carbocycles. The summed E-state index contributed by atoms with van der Waals surface area (Å²) in [7, 11) is 0. The Kier molecular flexibility index (Phi) is 9.62. The van der Waals surface area contributed by atoms with Crippen LogP contribution in [0.2, 0.25) is 0 Å². The Morgan fingerprint density at radius 1 is 1.35 bits per heavy atom. The third kappa shape index (κ3) is 6.34. The molecular formula is C17H31IN6O2. The SMILES string of the molecule is CCNC(=NCc1nnc2n1CCCC2)NCCCOC1CCOC1.I. The molecule has 2 N–H and O–H groups in total. The summed E-state index contributed by atoms with van der Waals surface area (Å²) in [6.45, 7) is 7.61. The van der Waals surface area contributed by atoms with Crippen LogP contribution in [0, 0.1) is 0 Å². The average Bonchev–Trinajstić information content (AvgIpc) is 3.29. The van der Waals surface area contributed by atoms with Crippen LogP contribution in [0.1, 0.15) is 44.3 Å². The molecule has 1 unspecified atom stereocenters. The number of aromatic nitrogens is 3. The zero-order valence-corrected chi connectivity index (χ0v) is 17.9. The second-order valence-electron chi connectivity index (χ2n) is 6.47. The number of hydrogen-bond acceptors (Lipinski definition) is 5. The summed E-state index contributed by atoms with van der Waals surface area (Å²) in [5.41, 5.74) is 0. The molecule has 3 rings (SSSR count). The number of halogens is 1. The van der Waals surface area contributed by atoms with Gasteiger partial charge in [0.1, 0.15) is 12.4 Å². The van der Waals surface area contributed by atoms with Gasteiger partial charge in [-0.3, -0.25) is 0 Å². The lowest BCUT2D eigenvalue weighted by Gasteiger charge is -2.15. The van der Waals surface area contributed by atoms with Gasteiger partial charge in [0.25, 0.3) is 0 Å². The van der Waals surface area contributed by atoms with Crippen molar-refractivity contribution in [3.8, 4) is 0 Å². The molecule has 3 heterocycles. The van der Waals surface area contributed by atoms with Crippen molar-refractivity contribution in [2.75, 3.05) is 32.9 Å². The van der Waals surface area contributed by atoms with Gasteiger partial charge in [0.2, 0.25) is 0 Å². The van der Waals surface area contributed by atoms with Crippen molar-refractivity contribution in [3.63, 3.8) is 0 Å². The fraction of sp³-hybridized carbons (Fsp3) is 0.824. The first-order valence-electron chi connectivity index (χ1n) is 9.49. The Hall–Kier alpha value is -0.940. The Labute approximate surface area is 172 Å². The van der Waals surface area contributed by atoms with Crippen molar-refractivity contribution in [1.29, 1.82) is 0 Å². The van der Waals surface area contributed by atoms with Crippen molar-refractivity contribution in [3.05, 3.63) is 11.6 Å². The minimum absolute atomic E-state index is 0. The van der Waals surface area contributed by atoms with E-state index in [1.54, 1.807) is 0 Å². The van der Waals surface area contributed by atoms with Gasteiger partial charge in [-0.05, 0) is 32.6 Å². The summed E-state index contributed by atoms with van der Waals surface area (Å²) in [5, 5.41) is 15.2. The molecule has 2 aliphatic heterocycles. The van der Waals surface area contributed by atoms with Crippen LogP contribution in [0.25, 0.3) is 0 Å². The van der Waals surface area contributed by atoms with Crippen LogP contribution in [0.3, 0.4) is 0 Å². The van der Waals surface area contributed by atoms with Gasteiger partial charge in [-0.15, -0.1) is 34.2 Å². The Bertz CT molecular complexity index is 559. The molecule has 0 amide bonds. The first-order chi connectivity index (χ1) is 12.4. The van der Waals surface area contributed by atoms with Crippen LogP contribution in [0.15, 0.2) is 4.99 Å². The van der Waals surface area contributed by atoms with Gasteiger partial charge in [-0.1, -0.05) is 0 Å². The molecule has 1 fully saturated rings. The number of nitrogens with zero attached hydrogens (tertiary/aromatic N) is 4. The number of rotatable bonds is 8. The van der Waals surface area contributed by atoms with Crippen LogP contribution in [-0.4, -0.2) is 59.7 Å². The Morgan fingerprint density at radius 2 is 2.27 bits per heavy atom. The number of aliphatic imine (C=N–C) groups is 1. The van der Waals surface area contributed by atoms with E-state index in [1.165, 1.54) is 12.8 Å². The number of hydrogen-bond donors (Lipinski definition) is 2. The molecule has 1 atom stereocenters. The van der Waals surface area contributed by atoms with Crippen molar-refractivity contribution < 1.29 is 9.47 Å². The number of fused-ring (bicyclic) bond motifs is 1. The van der Waals surface area contributed by atoms with E-state index in [-0.39, 0.29) is 30.1 Å². The van der Waals surface area contributed by atoms with Crippen LogP contribution >= 0.6 is 24.0 Å². The number of ether oxygens (including phenoxy) is 2. The Balaban J connectivity index is 0.00000243. The summed E-state index contributed by atoms with van der Waals surface area (Å²) in [5.74, 6) is 2.87. The van der Waals surface area contributed by atoms with Crippen LogP contribution < -0.4 is 10.6 Å².